The summed E-state index contributed by atoms with van der Waals surface area (Å²) in [7, 11) is 1.41. The molecular weight excluding hydrogens is 208 g/mol. The molecule has 0 heterocycles. The summed E-state index contributed by atoms with van der Waals surface area (Å²) in [6.45, 7) is 7.61. The van der Waals surface area contributed by atoms with E-state index in [0.29, 0.717) is 0 Å². The van der Waals surface area contributed by atoms with E-state index in [-0.39, 0.29) is 10.3 Å². The fraction of sp³-hybridized carbons (Fsp3) is 0.875. The standard InChI is InChI=1S/C8H15BrO2/c1-7(2,6(10)11-5)8(3,4)9/h1-5H3. The van der Waals surface area contributed by atoms with Crippen molar-refractivity contribution in [3.05, 3.63) is 0 Å². The summed E-state index contributed by atoms with van der Waals surface area (Å²) in [6.07, 6.45) is 0. The van der Waals surface area contributed by atoms with Gasteiger partial charge in [0.05, 0.1) is 12.5 Å². The van der Waals surface area contributed by atoms with Gasteiger partial charge in [0.1, 0.15) is 0 Å². The second kappa shape index (κ2) is 3.13. The van der Waals surface area contributed by atoms with Crippen LogP contribution in [0.4, 0.5) is 0 Å². The second-order valence-electron chi connectivity index (χ2n) is 3.59. The fourth-order valence-electron chi connectivity index (χ4n) is 0.498. The van der Waals surface area contributed by atoms with Gasteiger partial charge in [-0.1, -0.05) is 15.9 Å². The molecule has 0 rings (SSSR count). The lowest BCUT2D eigenvalue weighted by Crippen LogP contribution is -2.41. The van der Waals surface area contributed by atoms with Crippen LogP contribution in [-0.2, 0) is 9.53 Å². The third-order valence-corrected chi connectivity index (χ3v) is 3.17. The molecule has 0 bridgehead atoms. The first-order valence-electron chi connectivity index (χ1n) is 3.51. The van der Waals surface area contributed by atoms with E-state index in [0.717, 1.165) is 0 Å². The van der Waals surface area contributed by atoms with Crippen molar-refractivity contribution in [2.45, 2.75) is 32.0 Å². The molecule has 0 aliphatic rings. The Kier molecular flexibility index (Phi) is 3.12. The minimum absolute atomic E-state index is 0.195. The molecule has 0 aromatic carbocycles. The molecule has 0 aliphatic heterocycles. The molecule has 0 aromatic heterocycles. The first-order valence-corrected chi connectivity index (χ1v) is 4.30. The number of ether oxygens (including phenoxy) is 1. The van der Waals surface area contributed by atoms with E-state index in [1.807, 2.05) is 27.7 Å². The maximum atomic E-state index is 11.2. The summed E-state index contributed by atoms with van der Waals surface area (Å²) >= 11 is 3.44. The van der Waals surface area contributed by atoms with Gasteiger partial charge in [0, 0.05) is 4.32 Å². The van der Waals surface area contributed by atoms with Gasteiger partial charge in [0.2, 0.25) is 0 Å². The number of carbonyl (C=O) groups excluding carboxylic acids is 1. The zero-order chi connectivity index (χ0) is 9.28. The van der Waals surface area contributed by atoms with Crippen molar-refractivity contribution < 1.29 is 9.53 Å². The number of hydrogen-bond donors (Lipinski definition) is 0. The Balaban J connectivity index is 4.59. The number of alkyl halides is 1. The summed E-state index contributed by atoms with van der Waals surface area (Å²) < 4.78 is 4.43. The van der Waals surface area contributed by atoms with Crippen LogP contribution < -0.4 is 0 Å². The van der Waals surface area contributed by atoms with Crippen LogP contribution >= 0.6 is 15.9 Å². The smallest absolute Gasteiger partial charge is 0.312 e. The molecule has 0 spiro atoms. The molecule has 0 aliphatic carbocycles. The van der Waals surface area contributed by atoms with E-state index >= 15 is 0 Å². The third-order valence-electron chi connectivity index (χ3n) is 2.18. The Morgan fingerprint density at radius 2 is 1.64 bits per heavy atom. The summed E-state index contributed by atoms with van der Waals surface area (Å²) in [5.41, 5.74) is -0.498. The lowest BCUT2D eigenvalue weighted by atomic mass is 9.81. The van der Waals surface area contributed by atoms with Crippen LogP contribution in [0.25, 0.3) is 0 Å². The van der Waals surface area contributed by atoms with Crippen LogP contribution in [0.15, 0.2) is 0 Å². The van der Waals surface area contributed by atoms with Crippen molar-refractivity contribution in [3.8, 4) is 0 Å². The third kappa shape index (κ3) is 2.19. The number of rotatable bonds is 2. The Bertz CT molecular complexity index is 156. The highest BCUT2D eigenvalue weighted by molar-refractivity contribution is 9.10. The van der Waals surface area contributed by atoms with Gasteiger partial charge in [-0.3, -0.25) is 4.79 Å². The predicted molar refractivity (Wildman–Crippen MR) is 48.8 cm³/mol. The van der Waals surface area contributed by atoms with Crippen LogP contribution in [0.2, 0.25) is 0 Å². The average Bonchev–Trinajstić information content (AvgIpc) is 1.83. The SMILES string of the molecule is COC(=O)C(C)(C)C(C)(C)Br. The number of hydrogen-bond acceptors (Lipinski definition) is 2. The highest BCUT2D eigenvalue weighted by Crippen LogP contribution is 2.38. The van der Waals surface area contributed by atoms with Crippen LogP contribution in [0, 0.1) is 5.41 Å². The number of halogens is 1. The van der Waals surface area contributed by atoms with Crippen LogP contribution in [0.5, 0.6) is 0 Å². The molecule has 0 amide bonds. The monoisotopic (exact) mass is 222 g/mol. The maximum Gasteiger partial charge on any atom is 0.312 e. The first kappa shape index (κ1) is 11.0. The van der Waals surface area contributed by atoms with E-state index in [4.69, 9.17) is 0 Å². The van der Waals surface area contributed by atoms with Gasteiger partial charge in [0.15, 0.2) is 0 Å². The number of esters is 1. The van der Waals surface area contributed by atoms with E-state index in [2.05, 4.69) is 20.7 Å². The summed E-state index contributed by atoms with van der Waals surface area (Å²) in [5, 5.41) is 0. The molecule has 0 saturated heterocycles. The van der Waals surface area contributed by atoms with Crippen molar-refractivity contribution in [2.75, 3.05) is 7.11 Å². The van der Waals surface area contributed by atoms with Gasteiger partial charge >= 0.3 is 5.97 Å². The van der Waals surface area contributed by atoms with Crippen molar-refractivity contribution in [1.29, 1.82) is 0 Å². The molecule has 11 heavy (non-hydrogen) atoms. The lowest BCUT2D eigenvalue weighted by molar-refractivity contribution is -0.152. The van der Waals surface area contributed by atoms with Crippen molar-refractivity contribution in [2.24, 2.45) is 5.41 Å². The van der Waals surface area contributed by atoms with E-state index in [1.165, 1.54) is 7.11 Å². The fourth-order valence-corrected chi connectivity index (χ4v) is 0.660. The number of carbonyl (C=O) groups is 1. The molecule has 0 aromatic rings. The maximum absolute atomic E-state index is 11.2. The van der Waals surface area contributed by atoms with Gasteiger partial charge in [0.25, 0.3) is 0 Å². The van der Waals surface area contributed by atoms with Crippen LogP contribution in [0.1, 0.15) is 27.7 Å². The van der Waals surface area contributed by atoms with Crippen LogP contribution in [-0.4, -0.2) is 17.4 Å². The normalized spacial score (nSPS) is 12.9. The molecular formula is C8H15BrO2. The molecule has 3 heteroatoms. The minimum Gasteiger partial charge on any atom is -0.469 e. The Labute approximate surface area is 76.4 Å². The topological polar surface area (TPSA) is 26.3 Å². The van der Waals surface area contributed by atoms with E-state index in [9.17, 15) is 4.79 Å². The average molecular weight is 223 g/mol. The van der Waals surface area contributed by atoms with Gasteiger partial charge in [-0.15, -0.1) is 0 Å². The lowest BCUT2D eigenvalue weighted by Gasteiger charge is -2.33. The second-order valence-corrected chi connectivity index (χ2v) is 5.57. The molecule has 2 nitrogen and oxygen atoms in total. The van der Waals surface area contributed by atoms with Crippen molar-refractivity contribution in [1.82, 2.24) is 0 Å². The molecule has 0 saturated carbocycles. The predicted octanol–water partition coefficient (Wildman–Crippen LogP) is 2.36. The van der Waals surface area contributed by atoms with Gasteiger partial charge in [-0.05, 0) is 27.7 Å². The zero-order valence-corrected chi connectivity index (χ0v) is 9.28. The Hall–Kier alpha value is -0.0500. The van der Waals surface area contributed by atoms with E-state index < -0.39 is 5.41 Å². The summed E-state index contributed by atoms with van der Waals surface area (Å²) in [5.74, 6) is -0.195. The molecule has 0 atom stereocenters. The largest absolute Gasteiger partial charge is 0.469 e. The quantitative estimate of drug-likeness (QED) is 0.530. The van der Waals surface area contributed by atoms with Crippen LogP contribution in [0.3, 0.4) is 0 Å². The minimum atomic E-state index is -0.498. The van der Waals surface area contributed by atoms with Crippen molar-refractivity contribution >= 4 is 21.9 Å². The Morgan fingerprint density at radius 3 is 1.73 bits per heavy atom. The van der Waals surface area contributed by atoms with Gasteiger partial charge < -0.3 is 4.74 Å². The van der Waals surface area contributed by atoms with Crippen molar-refractivity contribution in [3.63, 3.8) is 0 Å². The highest BCUT2D eigenvalue weighted by atomic mass is 79.9. The first-order chi connectivity index (χ1) is 4.73. The molecule has 0 radical (unpaired) electrons. The summed E-state index contributed by atoms with van der Waals surface area (Å²) in [6, 6.07) is 0. The highest BCUT2D eigenvalue weighted by Gasteiger charge is 2.42. The van der Waals surface area contributed by atoms with E-state index in [1.54, 1.807) is 0 Å². The molecule has 0 fully saturated rings. The summed E-state index contributed by atoms with van der Waals surface area (Å²) in [4.78, 5) is 11.2. The number of methoxy groups -OCH3 is 1. The van der Waals surface area contributed by atoms with Gasteiger partial charge in [-0.2, -0.15) is 0 Å². The molecule has 0 unspecified atom stereocenters. The Morgan fingerprint density at radius 1 is 1.27 bits per heavy atom. The molecule has 66 valence electrons. The molecule has 0 N–H and O–H groups in total. The zero-order valence-electron chi connectivity index (χ0n) is 7.69. The van der Waals surface area contributed by atoms with Gasteiger partial charge in [-0.25, -0.2) is 0 Å².